The number of ether oxygens (including phenoxy) is 1. The number of aryl methyl sites for hydroxylation is 1. The van der Waals surface area contributed by atoms with Gasteiger partial charge in [-0.1, -0.05) is 0 Å². The molecule has 2 aliphatic rings. The lowest BCUT2D eigenvalue weighted by molar-refractivity contribution is -0.125. The summed E-state index contributed by atoms with van der Waals surface area (Å²) in [5.74, 6) is 0.169. The standard InChI is InChI=1S/C17H18N2O4.ClH/c1-10-4-15(20)23-14-5-12(2-3-13(10)14)19-16(21)17-8-18-6-11(17)7-22-9-17;/h2-5,11,18H,6-9H2,1H3,(H,19,21);1H/t11-,17-;/m0./s1. The Balaban J connectivity index is 0.00000169. The predicted molar refractivity (Wildman–Crippen MR) is 92.7 cm³/mol. The quantitative estimate of drug-likeness (QED) is 0.806. The van der Waals surface area contributed by atoms with Crippen LogP contribution in [0.2, 0.25) is 0 Å². The monoisotopic (exact) mass is 350 g/mol. The Bertz CT molecular complexity index is 838. The maximum atomic E-state index is 12.8. The third-order valence-corrected chi connectivity index (χ3v) is 4.95. The van der Waals surface area contributed by atoms with Crippen molar-refractivity contribution in [2.75, 3.05) is 31.6 Å². The summed E-state index contributed by atoms with van der Waals surface area (Å²) in [7, 11) is 0. The molecule has 1 aromatic carbocycles. The minimum Gasteiger partial charge on any atom is -0.423 e. The number of fused-ring (bicyclic) bond motifs is 2. The number of amides is 1. The number of nitrogens with one attached hydrogen (secondary N) is 2. The minimum atomic E-state index is -0.498. The lowest BCUT2D eigenvalue weighted by Gasteiger charge is -2.24. The van der Waals surface area contributed by atoms with Crippen LogP contribution < -0.4 is 16.3 Å². The van der Waals surface area contributed by atoms with Crippen molar-refractivity contribution < 1.29 is 13.9 Å². The van der Waals surface area contributed by atoms with Gasteiger partial charge in [0, 0.05) is 42.2 Å². The molecular weight excluding hydrogens is 332 g/mol. The molecule has 3 heterocycles. The van der Waals surface area contributed by atoms with Gasteiger partial charge in [-0.05, 0) is 24.6 Å². The molecule has 2 aromatic rings. The summed E-state index contributed by atoms with van der Waals surface area (Å²) in [4.78, 5) is 24.3. The van der Waals surface area contributed by atoms with E-state index in [1.807, 2.05) is 19.1 Å². The Hall–Kier alpha value is -1.89. The number of rotatable bonds is 2. The smallest absolute Gasteiger partial charge is 0.336 e. The highest BCUT2D eigenvalue weighted by atomic mass is 35.5. The lowest BCUT2D eigenvalue weighted by atomic mass is 9.80. The maximum Gasteiger partial charge on any atom is 0.336 e. The third kappa shape index (κ3) is 2.60. The van der Waals surface area contributed by atoms with Crippen molar-refractivity contribution in [3.8, 4) is 0 Å². The Morgan fingerprint density at radius 2 is 2.21 bits per heavy atom. The molecule has 6 nitrogen and oxygen atoms in total. The largest absolute Gasteiger partial charge is 0.423 e. The highest BCUT2D eigenvalue weighted by Gasteiger charge is 2.53. The van der Waals surface area contributed by atoms with Gasteiger partial charge in [0.2, 0.25) is 5.91 Å². The van der Waals surface area contributed by atoms with Crippen LogP contribution in [0.4, 0.5) is 5.69 Å². The zero-order chi connectivity index (χ0) is 16.0. The molecule has 24 heavy (non-hydrogen) atoms. The second kappa shape index (κ2) is 6.20. The van der Waals surface area contributed by atoms with E-state index >= 15 is 0 Å². The van der Waals surface area contributed by atoms with E-state index in [1.54, 1.807) is 6.07 Å². The first-order chi connectivity index (χ1) is 11.1. The molecule has 2 N–H and O–H groups in total. The average molecular weight is 351 g/mol. The molecule has 0 unspecified atom stereocenters. The van der Waals surface area contributed by atoms with Crippen molar-refractivity contribution in [3.63, 3.8) is 0 Å². The lowest BCUT2D eigenvalue weighted by Crippen LogP contribution is -2.42. The van der Waals surface area contributed by atoms with Crippen LogP contribution in [-0.2, 0) is 9.53 Å². The molecule has 0 aliphatic carbocycles. The Kier molecular flexibility index (Phi) is 4.38. The molecule has 4 rings (SSSR count). The fraction of sp³-hybridized carbons (Fsp3) is 0.412. The van der Waals surface area contributed by atoms with E-state index in [1.165, 1.54) is 6.07 Å². The van der Waals surface area contributed by atoms with E-state index in [9.17, 15) is 9.59 Å². The van der Waals surface area contributed by atoms with Crippen LogP contribution >= 0.6 is 12.4 Å². The summed E-state index contributed by atoms with van der Waals surface area (Å²) in [6.45, 7) is 4.36. The number of hydrogen-bond acceptors (Lipinski definition) is 5. The molecule has 7 heteroatoms. The van der Waals surface area contributed by atoms with Gasteiger partial charge in [-0.25, -0.2) is 4.79 Å². The van der Waals surface area contributed by atoms with E-state index in [0.29, 0.717) is 31.0 Å². The summed E-state index contributed by atoms with van der Waals surface area (Å²) in [5.41, 5.74) is 1.08. The van der Waals surface area contributed by atoms with Crippen LogP contribution in [0.5, 0.6) is 0 Å². The molecule has 1 amide bonds. The molecule has 2 fully saturated rings. The summed E-state index contributed by atoms with van der Waals surface area (Å²) in [6.07, 6.45) is 0. The van der Waals surface area contributed by atoms with Crippen molar-refractivity contribution >= 4 is 35.0 Å². The number of halogens is 1. The molecule has 2 saturated heterocycles. The van der Waals surface area contributed by atoms with Crippen LogP contribution in [0.3, 0.4) is 0 Å². The molecule has 0 saturated carbocycles. The predicted octanol–water partition coefficient (Wildman–Crippen LogP) is 1.70. The average Bonchev–Trinajstić information content (AvgIpc) is 3.06. The second-order valence-corrected chi connectivity index (χ2v) is 6.41. The van der Waals surface area contributed by atoms with Crippen molar-refractivity contribution in [1.82, 2.24) is 5.32 Å². The highest BCUT2D eigenvalue weighted by molar-refractivity contribution is 5.98. The van der Waals surface area contributed by atoms with Gasteiger partial charge in [0.15, 0.2) is 0 Å². The number of benzene rings is 1. The topological polar surface area (TPSA) is 80.6 Å². The molecular formula is C17H19ClN2O4. The van der Waals surface area contributed by atoms with Crippen LogP contribution in [0.15, 0.2) is 33.5 Å². The number of anilines is 1. The van der Waals surface area contributed by atoms with E-state index < -0.39 is 5.41 Å². The highest BCUT2D eigenvalue weighted by Crippen LogP contribution is 2.38. The van der Waals surface area contributed by atoms with Crippen molar-refractivity contribution in [2.24, 2.45) is 11.3 Å². The molecule has 128 valence electrons. The van der Waals surface area contributed by atoms with E-state index in [4.69, 9.17) is 9.15 Å². The van der Waals surface area contributed by atoms with Gasteiger partial charge in [-0.2, -0.15) is 0 Å². The summed E-state index contributed by atoms with van der Waals surface area (Å²) in [6, 6.07) is 6.85. The van der Waals surface area contributed by atoms with Gasteiger partial charge in [-0.3, -0.25) is 4.79 Å². The van der Waals surface area contributed by atoms with E-state index in [-0.39, 0.29) is 29.9 Å². The van der Waals surface area contributed by atoms with Gasteiger partial charge in [-0.15, -0.1) is 12.4 Å². The van der Waals surface area contributed by atoms with E-state index in [0.717, 1.165) is 17.5 Å². The summed E-state index contributed by atoms with van der Waals surface area (Å²) < 4.78 is 10.7. The minimum absolute atomic E-state index is 0. The molecule has 0 bridgehead atoms. The Morgan fingerprint density at radius 3 is 3.04 bits per heavy atom. The van der Waals surface area contributed by atoms with Crippen molar-refractivity contribution in [3.05, 3.63) is 40.2 Å². The van der Waals surface area contributed by atoms with Gasteiger partial charge in [0.05, 0.1) is 18.6 Å². The first-order valence-corrected chi connectivity index (χ1v) is 7.73. The first kappa shape index (κ1) is 17.0. The maximum absolute atomic E-state index is 12.8. The van der Waals surface area contributed by atoms with Crippen LogP contribution in [-0.4, -0.2) is 32.2 Å². The SMILES string of the molecule is Cc1cc(=O)oc2cc(NC(=O)[C@]34CNC[C@H]3COC4)ccc12.Cl. The molecule has 0 spiro atoms. The fourth-order valence-electron chi connectivity index (χ4n) is 3.57. The zero-order valence-corrected chi connectivity index (χ0v) is 14.1. The normalized spacial score (nSPS) is 25.3. The van der Waals surface area contributed by atoms with Crippen molar-refractivity contribution in [2.45, 2.75) is 6.92 Å². The van der Waals surface area contributed by atoms with Gasteiger partial charge in [0.1, 0.15) is 5.58 Å². The summed E-state index contributed by atoms with van der Waals surface area (Å²) in [5, 5.41) is 7.10. The molecule has 2 atom stereocenters. The third-order valence-electron chi connectivity index (χ3n) is 4.95. The van der Waals surface area contributed by atoms with E-state index in [2.05, 4.69) is 10.6 Å². The zero-order valence-electron chi connectivity index (χ0n) is 13.3. The van der Waals surface area contributed by atoms with Gasteiger partial charge in [0.25, 0.3) is 0 Å². The molecule has 2 aliphatic heterocycles. The summed E-state index contributed by atoms with van der Waals surface area (Å²) >= 11 is 0. The number of carbonyl (C=O) groups is 1. The van der Waals surface area contributed by atoms with Gasteiger partial charge < -0.3 is 19.8 Å². The molecule has 0 radical (unpaired) electrons. The van der Waals surface area contributed by atoms with Crippen LogP contribution in [0, 0.1) is 18.3 Å². The number of hydrogen-bond donors (Lipinski definition) is 2. The fourth-order valence-corrected chi connectivity index (χ4v) is 3.57. The molecule has 1 aromatic heterocycles. The van der Waals surface area contributed by atoms with Crippen LogP contribution in [0.1, 0.15) is 5.56 Å². The first-order valence-electron chi connectivity index (χ1n) is 7.73. The van der Waals surface area contributed by atoms with Gasteiger partial charge >= 0.3 is 5.63 Å². The second-order valence-electron chi connectivity index (χ2n) is 6.41. The Labute approximate surface area is 145 Å². The Morgan fingerprint density at radius 1 is 1.38 bits per heavy atom. The number of carbonyl (C=O) groups excluding carboxylic acids is 1. The van der Waals surface area contributed by atoms with Crippen molar-refractivity contribution in [1.29, 1.82) is 0 Å². The van der Waals surface area contributed by atoms with Crippen LogP contribution in [0.25, 0.3) is 11.0 Å².